The highest BCUT2D eigenvalue weighted by molar-refractivity contribution is 5.83. The highest BCUT2D eigenvalue weighted by Crippen LogP contribution is 2.72. The fraction of sp³-hybridized carbons (Fsp3) is 0.571. The number of nitrogens with one attached hydrogen (secondary N) is 1. The molecule has 0 radical (unpaired) electrons. The number of piperidine rings is 2. The molecule has 6 heteroatoms. The lowest BCUT2D eigenvalue weighted by Gasteiger charge is -2.60. The van der Waals surface area contributed by atoms with Gasteiger partial charge in [-0.2, -0.15) is 0 Å². The average Bonchev–Trinajstić information content (AvgIpc) is 3.29. The largest absolute Gasteiger partial charge is 0.495 e. The molecule has 3 saturated heterocycles. The summed E-state index contributed by atoms with van der Waals surface area (Å²) in [6.07, 6.45) is 3.95. The van der Waals surface area contributed by atoms with Crippen LogP contribution in [0.1, 0.15) is 25.3 Å². The van der Waals surface area contributed by atoms with Crippen LogP contribution in [-0.4, -0.2) is 49.6 Å². The molecule has 4 fully saturated rings. The molecule has 1 aromatic rings. The van der Waals surface area contributed by atoms with Gasteiger partial charge in [0, 0.05) is 13.0 Å². The van der Waals surface area contributed by atoms with Crippen molar-refractivity contribution in [2.24, 2.45) is 11.8 Å². The van der Waals surface area contributed by atoms with Gasteiger partial charge < -0.3 is 19.5 Å². The summed E-state index contributed by atoms with van der Waals surface area (Å²) in [6.45, 7) is 2.95. The van der Waals surface area contributed by atoms with Gasteiger partial charge in [0.25, 0.3) is 0 Å². The highest BCUT2D eigenvalue weighted by Gasteiger charge is 2.82. The minimum atomic E-state index is -0.580. The zero-order valence-electron chi connectivity index (χ0n) is 15.8. The van der Waals surface area contributed by atoms with E-state index in [4.69, 9.17) is 14.2 Å². The number of nitrogens with zero attached hydrogens (tertiary/aromatic N) is 1. The quantitative estimate of drug-likeness (QED) is 0.638. The average molecular weight is 368 g/mol. The Morgan fingerprint density at radius 3 is 3.00 bits per heavy atom. The first-order chi connectivity index (χ1) is 13.1. The third-order valence-corrected chi connectivity index (χ3v) is 7.84. The number of rotatable bonds is 2. The number of benzene rings is 1. The summed E-state index contributed by atoms with van der Waals surface area (Å²) in [5.74, 6) is 0.622. The maximum Gasteiger partial charge on any atom is 0.310 e. The van der Waals surface area contributed by atoms with Gasteiger partial charge in [0.15, 0.2) is 5.72 Å². The molecule has 6 rings (SSSR count). The number of anilines is 1. The lowest BCUT2D eigenvalue weighted by atomic mass is 9.49. The summed E-state index contributed by atoms with van der Waals surface area (Å²) in [7, 11) is 3.19. The molecule has 6 unspecified atom stereocenters. The molecule has 1 saturated carbocycles. The van der Waals surface area contributed by atoms with Crippen LogP contribution in [0.3, 0.4) is 0 Å². The van der Waals surface area contributed by atoms with E-state index in [0.29, 0.717) is 0 Å². The van der Waals surface area contributed by atoms with Crippen LogP contribution in [0.25, 0.3) is 0 Å². The molecule has 1 aliphatic carbocycles. The number of allylic oxidation sites excluding steroid dienone is 1. The second-order valence-corrected chi connectivity index (χ2v) is 8.39. The second-order valence-electron chi connectivity index (χ2n) is 8.39. The van der Waals surface area contributed by atoms with Crippen molar-refractivity contribution in [1.82, 2.24) is 4.90 Å². The number of ether oxygens (including phenoxy) is 3. The van der Waals surface area contributed by atoms with Crippen LogP contribution < -0.4 is 10.1 Å². The third kappa shape index (κ3) is 1.49. The lowest BCUT2D eigenvalue weighted by molar-refractivity contribution is -0.161. The lowest BCUT2D eigenvalue weighted by Crippen LogP contribution is -2.73. The van der Waals surface area contributed by atoms with E-state index in [1.807, 2.05) is 12.1 Å². The van der Waals surface area contributed by atoms with E-state index >= 15 is 0 Å². The Balaban J connectivity index is 1.66. The predicted octanol–water partition coefficient (Wildman–Crippen LogP) is 2.25. The van der Waals surface area contributed by atoms with Crippen molar-refractivity contribution in [3.63, 3.8) is 0 Å². The summed E-state index contributed by atoms with van der Waals surface area (Å²) in [6, 6.07) is 6.38. The van der Waals surface area contributed by atoms with Crippen LogP contribution in [0.4, 0.5) is 5.69 Å². The fourth-order valence-electron chi connectivity index (χ4n) is 6.96. The third-order valence-electron chi connectivity index (χ3n) is 7.84. The van der Waals surface area contributed by atoms with Crippen molar-refractivity contribution >= 4 is 11.7 Å². The van der Waals surface area contributed by atoms with Gasteiger partial charge in [-0.1, -0.05) is 23.8 Å². The van der Waals surface area contributed by atoms with Gasteiger partial charge in [0.05, 0.1) is 37.3 Å². The number of para-hydroxylation sites is 1. The standard InChI is InChI=1S/C21H24N2O4/c1-4-11-10-23-15-8-12(11)17(19(24)26-3)20-9-16(23)27-21(15,20)22-18-13(20)6-5-7-14(18)25-2/h4-7,12,15-17,22H,8-10H2,1-3H3/b11-4-. The number of hydrogen-bond acceptors (Lipinski definition) is 6. The number of carbonyl (C=O) groups is 1. The van der Waals surface area contributed by atoms with Gasteiger partial charge >= 0.3 is 5.97 Å². The van der Waals surface area contributed by atoms with E-state index in [1.165, 1.54) is 12.7 Å². The van der Waals surface area contributed by atoms with E-state index in [2.05, 4.69) is 29.3 Å². The highest BCUT2D eigenvalue weighted by atomic mass is 16.6. The van der Waals surface area contributed by atoms with Crippen LogP contribution in [0.15, 0.2) is 29.8 Å². The molecular weight excluding hydrogens is 344 g/mol. The molecule has 4 bridgehead atoms. The molecule has 6 nitrogen and oxygen atoms in total. The molecule has 4 heterocycles. The van der Waals surface area contributed by atoms with Gasteiger partial charge in [0.1, 0.15) is 12.0 Å². The van der Waals surface area contributed by atoms with Gasteiger partial charge in [0.2, 0.25) is 0 Å². The minimum absolute atomic E-state index is 0.0326. The number of fused-ring (bicyclic) bond motifs is 4. The van der Waals surface area contributed by atoms with Crippen LogP contribution in [0, 0.1) is 11.8 Å². The summed E-state index contributed by atoms with van der Waals surface area (Å²) in [5.41, 5.74) is 2.45. The molecular formula is C21H24N2O4. The van der Waals surface area contributed by atoms with Crippen LogP contribution in [0.2, 0.25) is 0 Å². The van der Waals surface area contributed by atoms with E-state index in [0.717, 1.165) is 36.4 Å². The Bertz CT molecular complexity index is 898. The molecule has 1 aromatic carbocycles. The Labute approximate surface area is 158 Å². The Hall–Kier alpha value is -2.05. The zero-order chi connectivity index (χ0) is 18.6. The van der Waals surface area contributed by atoms with Crippen molar-refractivity contribution in [2.75, 3.05) is 26.1 Å². The molecule has 1 spiro atoms. The minimum Gasteiger partial charge on any atom is -0.495 e. The Kier molecular flexibility index (Phi) is 2.87. The number of hydrogen-bond donors (Lipinski definition) is 1. The first-order valence-electron chi connectivity index (χ1n) is 9.73. The summed E-state index contributed by atoms with van der Waals surface area (Å²) in [4.78, 5) is 15.7. The van der Waals surface area contributed by atoms with E-state index in [9.17, 15) is 4.79 Å². The molecule has 5 aliphatic rings. The maximum absolute atomic E-state index is 13.2. The van der Waals surface area contributed by atoms with Crippen molar-refractivity contribution in [2.45, 2.75) is 43.2 Å². The Morgan fingerprint density at radius 2 is 2.26 bits per heavy atom. The predicted molar refractivity (Wildman–Crippen MR) is 98.4 cm³/mol. The normalized spacial score (nSPS) is 44.2. The maximum atomic E-state index is 13.2. The molecule has 0 aromatic heterocycles. The molecule has 27 heavy (non-hydrogen) atoms. The summed E-state index contributed by atoms with van der Waals surface area (Å²) >= 11 is 0. The topological polar surface area (TPSA) is 60.0 Å². The van der Waals surface area contributed by atoms with Crippen molar-refractivity contribution in [1.29, 1.82) is 0 Å². The number of carbonyl (C=O) groups excluding carboxylic acids is 1. The van der Waals surface area contributed by atoms with E-state index in [1.54, 1.807) is 7.11 Å². The first-order valence-corrected chi connectivity index (χ1v) is 9.73. The summed E-state index contributed by atoms with van der Waals surface area (Å²) < 4.78 is 17.7. The van der Waals surface area contributed by atoms with Gasteiger partial charge in [-0.3, -0.25) is 9.69 Å². The van der Waals surface area contributed by atoms with Gasteiger partial charge in [-0.15, -0.1) is 0 Å². The van der Waals surface area contributed by atoms with Crippen molar-refractivity contribution < 1.29 is 19.0 Å². The smallest absolute Gasteiger partial charge is 0.310 e. The van der Waals surface area contributed by atoms with E-state index in [-0.39, 0.29) is 30.1 Å². The first kappa shape index (κ1) is 16.0. The summed E-state index contributed by atoms with van der Waals surface area (Å²) in [5, 5.41) is 3.72. The second kappa shape index (κ2) is 4.86. The van der Waals surface area contributed by atoms with Crippen molar-refractivity contribution in [3.05, 3.63) is 35.4 Å². The van der Waals surface area contributed by atoms with Crippen LogP contribution >= 0.6 is 0 Å². The zero-order valence-corrected chi connectivity index (χ0v) is 15.8. The van der Waals surface area contributed by atoms with Crippen LogP contribution in [0.5, 0.6) is 5.75 Å². The molecule has 0 amide bonds. The molecule has 142 valence electrons. The van der Waals surface area contributed by atoms with E-state index < -0.39 is 11.1 Å². The SMILES string of the molecule is C/C=C1/CN2C3CC45c6cccc(OC)c6NC4(O3)C2CC1C5C(=O)OC. The van der Waals surface area contributed by atoms with Crippen LogP contribution in [-0.2, 0) is 19.7 Å². The molecule has 6 atom stereocenters. The van der Waals surface area contributed by atoms with Crippen molar-refractivity contribution in [3.8, 4) is 5.75 Å². The number of esters is 1. The van der Waals surface area contributed by atoms with Gasteiger partial charge in [-0.25, -0.2) is 0 Å². The monoisotopic (exact) mass is 368 g/mol. The van der Waals surface area contributed by atoms with Gasteiger partial charge in [-0.05, 0) is 30.9 Å². The number of methoxy groups -OCH3 is 2. The Morgan fingerprint density at radius 1 is 1.41 bits per heavy atom. The molecule has 4 aliphatic heterocycles. The fourth-order valence-corrected chi connectivity index (χ4v) is 6.96. The molecule has 1 N–H and O–H groups in total.